The maximum atomic E-state index is 12.8. The van der Waals surface area contributed by atoms with E-state index in [0.717, 1.165) is 43.9 Å². The molecule has 138 valence electrons. The minimum Gasteiger partial charge on any atom is -0.342 e. The molecule has 25 heavy (non-hydrogen) atoms. The van der Waals surface area contributed by atoms with Crippen molar-refractivity contribution < 1.29 is 9.59 Å². The second-order valence-electron chi connectivity index (χ2n) is 6.90. The van der Waals surface area contributed by atoms with E-state index in [2.05, 4.69) is 11.0 Å². The van der Waals surface area contributed by atoms with Crippen LogP contribution < -0.4 is 0 Å². The van der Waals surface area contributed by atoms with Gasteiger partial charge < -0.3 is 9.80 Å². The molecule has 0 aromatic carbocycles. The van der Waals surface area contributed by atoms with Crippen LogP contribution >= 0.6 is 11.3 Å². The molecule has 2 amide bonds. The monoisotopic (exact) mass is 363 g/mol. The Balaban J connectivity index is 1.52. The molecule has 0 radical (unpaired) electrons. The van der Waals surface area contributed by atoms with Crippen molar-refractivity contribution >= 4 is 23.2 Å². The van der Waals surface area contributed by atoms with Crippen molar-refractivity contribution in [1.29, 1.82) is 0 Å². The Morgan fingerprint density at radius 3 is 2.40 bits per heavy atom. The summed E-state index contributed by atoms with van der Waals surface area (Å²) in [6.07, 6.45) is 4.76. The number of likely N-dealkylation sites (N-methyl/N-ethyl adjacent to an activating group) is 1. The smallest absolute Gasteiger partial charge is 0.264 e. The van der Waals surface area contributed by atoms with Crippen LogP contribution in [0.2, 0.25) is 0 Å². The van der Waals surface area contributed by atoms with E-state index in [0.29, 0.717) is 19.6 Å². The van der Waals surface area contributed by atoms with Gasteiger partial charge in [-0.15, -0.1) is 11.3 Å². The first-order valence-electron chi connectivity index (χ1n) is 9.53. The predicted octanol–water partition coefficient (Wildman–Crippen LogP) is 2.25. The van der Waals surface area contributed by atoms with Crippen LogP contribution in [0.15, 0.2) is 6.07 Å². The van der Waals surface area contributed by atoms with Crippen molar-refractivity contribution in [2.45, 2.75) is 39.5 Å². The second kappa shape index (κ2) is 8.32. The number of nitrogens with zero attached hydrogens (tertiary/aromatic N) is 3. The van der Waals surface area contributed by atoms with Gasteiger partial charge in [0, 0.05) is 44.1 Å². The molecule has 1 aromatic rings. The van der Waals surface area contributed by atoms with Crippen molar-refractivity contribution in [3.05, 3.63) is 21.4 Å². The van der Waals surface area contributed by atoms with Crippen molar-refractivity contribution in [2.24, 2.45) is 0 Å². The van der Waals surface area contributed by atoms with Gasteiger partial charge in [0.15, 0.2) is 0 Å². The first-order valence-corrected chi connectivity index (χ1v) is 10.3. The highest BCUT2D eigenvalue weighted by molar-refractivity contribution is 7.14. The topological polar surface area (TPSA) is 43.9 Å². The zero-order valence-electron chi connectivity index (χ0n) is 15.4. The van der Waals surface area contributed by atoms with Gasteiger partial charge in [0.25, 0.3) is 5.91 Å². The number of carbonyl (C=O) groups excluding carboxylic acids is 2. The van der Waals surface area contributed by atoms with Gasteiger partial charge in [0.05, 0.1) is 11.4 Å². The molecule has 1 saturated heterocycles. The van der Waals surface area contributed by atoms with Gasteiger partial charge >= 0.3 is 0 Å². The molecular weight excluding hydrogens is 334 g/mol. The standard InChI is InChI=1S/C19H29N3O2S/c1-3-21(4-2)18(23)14-20-9-11-22(12-10-20)19(24)17-13-15-7-5-6-8-16(15)25-17/h13H,3-12,14H2,1-2H3. The van der Waals surface area contributed by atoms with Crippen LogP contribution in [0, 0.1) is 0 Å². The van der Waals surface area contributed by atoms with Gasteiger partial charge in [0.2, 0.25) is 5.91 Å². The van der Waals surface area contributed by atoms with Crippen LogP contribution in [0.3, 0.4) is 0 Å². The van der Waals surface area contributed by atoms with Gasteiger partial charge in [-0.1, -0.05) is 0 Å². The van der Waals surface area contributed by atoms with E-state index >= 15 is 0 Å². The largest absolute Gasteiger partial charge is 0.342 e. The summed E-state index contributed by atoms with van der Waals surface area (Å²) in [7, 11) is 0. The summed E-state index contributed by atoms with van der Waals surface area (Å²) in [5, 5.41) is 0. The third kappa shape index (κ3) is 4.23. The van der Waals surface area contributed by atoms with E-state index in [1.807, 2.05) is 23.6 Å². The van der Waals surface area contributed by atoms with Crippen LogP contribution in [0.1, 0.15) is 46.8 Å². The number of carbonyl (C=O) groups is 2. The molecular formula is C19H29N3O2S. The molecule has 0 bridgehead atoms. The summed E-state index contributed by atoms with van der Waals surface area (Å²) in [6.45, 7) is 9.01. The molecule has 0 atom stereocenters. The van der Waals surface area contributed by atoms with E-state index in [4.69, 9.17) is 0 Å². The Kier molecular flexibility index (Phi) is 6.12. The van der Waals surface area contributed by atoms with Gasteiger partial charge in [-0.3, -0.25) is 14.5 Å². The molecule has 1 aliphatic heterocycles. The van der Waals surface area contributed by atoms with Crippen molar-refractivity contribution in [3.63, 3.8) is 0 Å². The highest BCUT2D eigenvalue weighted by atomic mass is 32.1. The third-order valence-corrected chi connectivity index (χ3v) is 6.57. The average Bonchev–Trinajstić information content (AvgIpc) is 3.07. The maximum Gasteiger partial charge on any atom is 0.264 e. The highest BCUT2D eigenvalue weighted by Crippen LogP contribution is 2.30. The fraction of sp³-hybridized carbons (Fsp3) is 0.684. The summed E-state index contributed by atoms with van der Waals surface area (Å²) < 4.78 is 0. The molecule has 2 aliphatic rings. The molecule has 1 aliphatic carbocycles. The van der Waals surface area contributed by atoms with E-state index in [1.54, 1.807) is 11.3 Å². The number of thiophene rings is 1. The predicted molar refractivity (Wildman–Crippen MR) is 101 cm³/mol. The lowest BCUT2D eigenvalue weighted by molar-refractivity contribution is -0.132. The maximum absolute atomic E-state index is 12.8. The van der Waals surface area contributed by atoms with Crippen LogP contribution in [-0.4, -0.2) is 72.3 Å². The van der Waals surface area contributed by atoms with Gasteiger partial charge in [-0.25, -0.2) is 0 Å². The molecule has 3 rings (SSSR count). The molecule has 0 saturated carbocycles. The summed E-state index contributed by atoms with van der Waals surface area (Å²) in [6, 6.07) is 2.12. The number of piperazine rings is 1. The molecule has 0 spiro atoms. The SMILES string of the molecule is CCN(CC)C(=O)CN1CCN(C(=O)c2cc3c(s2)CCCC3)CC1. The van der Waals surface area contributed by atoms with Crippen molar-refractivity contribution in [1.82, 2.24) is 14.7 Å². The summed E-state index contributed by atoms with van der Waals surface area (Å²) in [5.41, 5.74) is 1.39. The Labute approximate surface area is 154 Å². The van der Waals surface area contributed by atoms with E-state index in [9.17, 15) is 9.59 Å². The van der Waals surface area contributed by atoms with Crippen LogP contribution in [0.5, 0.6) is 0 Å². The number of aryl methyl sites for hydroxylation is 2. The van der Waals surface area contributed by atoms with E-state index in [-0.39, 0.29) is 11.8 Å². The van der Waals surface area contributed by atoms with Crippen LogP contribution in [0.4, 0.5) is 0 Å². The minimum atomic E-state index is 0.175. The molecule has 0 N–H and O–H groups in total. The zero-order chi connectivity index (χ0) is 17.8. The molecule has 6 heteroatoms. The zero-order valence-corrected chi connectivity index (χ0v) is 16.2. The molecule has 0 unspecified atom stereocenters. The fourth-order valence-corrected chi connectivity index (χ4v) is 4.95. The van der Waals surface area contributed by atoms with Gasteiger partial charge in [-0.05, 0) is 51.2 Å². The molecule has 5 nitrogen and oxygen atoms in total. The lowest BCUT2D eigenvalue weighted by Gasteiger charge is -2.35. The molecule has 1 fully saturated rings. The average molecular weight is 364 g/mol. The van der Waals surface area contributed by atoms with Crippen molar-refractivity contribution in [2.75, 3.05) is 45.8 Å². The number of amides is 2. The summed E-state index contributed by atoms with van der Waals surface area (Å²) in [4.78, 5) is 33.3. The van der Waals surface area contributed by atoms with Gasteiger partial charge in [0.1, 0.15) is 0 Å². The molecule has 1 aromatic heterocycles. The Bertz CT molecular complexity index is 593. The Morgan fingerprint density at radius 2 is 1.76 bits per heavy atom. The quantitative estimate of drug-likeness (QED) is 0.806. The normalized spacial score (nSPS) is 18.1. The lowest BCUT2D eigenvalue weighted by Crippen LogP contribution is -2.51. The van der Waals surface area contributed by atoms with E-state index < -0.39 is 0 Å². The first kappa shape index (κ1) is 18.4. The number of fused-ring (bicyclic) bond motifs is 1. The first-order chi connectivity index (χ1) is 12.1. The number of hydrogen-bond acceptors (Lipinski definition) is 4. The second-order valence-corrected chi connectivity index (χ2v) is 8.04. The number of hydrogen-bond donors (Lipinski definition) is 0. The fourth-order valence-electron chi connectivity index (χ4n) is 3.73. The summed E-state index contributed by atoms with van der Waals surface area (Å²) in [5.74, 6) is 0.366. The third-order valence-electron chi connectivity index (χ3n) is 5.34. The van der Waals surface area contributed by atoms with Gasteiger partial charge in [-0.2, -0.15) is 0 Å². The van der Waals surface area contributed by atoms with Crippen LogP contribution in [-0.2, 0) is 17.6 Å². The Hall–Kier alpha value is -1.40. The van der Waals surface area contributed by atoms with E-state index in [1.165, 1.54) is 23.3 Å². The molecule has 2 heterocycles. The Morgan fingerprint density at radius 1 is 1.08 bits per heavy atom. The highest BCUT2D eigenvalue weighted by Gasteiger charge is 2.26. The lowest BCUT2D eigenvalue weighted by atomic mass is 9.99. The summed E-state index contributed by atoms with van der Waals surface area (Å²) >= 11 is 1.69. The number of rotatable bonds is 5. The van der Waals surface area contributed by atoms with Crippen LogP contribution in [0.25, 0.3) is 0 Å². The minimum absolute atomic E-state index is 0.175. The van der Waals surface area contributed by atoms with Crippen molar-refractivity contribution in [3.8, 4) is 0 Å².